The molecule has 0 fully saturated rings. The van der Waals surface area contributed by atoms with Gasteiger partial charge in [-0.1, -0.05) is 164 Å². The van der Waals surface area contributed by atoms with Crippen LogP contribution in [-0.2, 0) is 0 Å². The summed E-state index contributed by atoms with van der Waals surface area (Å²) in [6.07, 6.45) is 0. The van der Waals surface area contributed by atoms with Crippen molar-refractivity contribution in [3.63, 3.8) is 0 Å². The molecule has 0 unspecified atom stereocenters. The highest BCUT2D eigenvalue weighted by Gasteiger charge is 2.25. The topological polar surface area (TPSA) is 34.5 Å². The summed E-state index contributed by atoms with van der Waals surface area (Å²) < 4.78 is 15.9. The monoisotopic (exact) mass is 818 g/mol. The van der Waals surface area contributed by atoms with Crippen LogP contribution in [0, 0.1) is 0 Å². The van der Waals surface area contributed by atoms with Crippen LogP contribution < -0.4 is 4.90 Å². The molecule has 0 bridgehead atoms. The Morgan fingerprint density at radius 3 is 1.56 bits per heavy atom. The Labute approximate surface area is 369 Å². The number of hydrogen-bond donors (Lipinski definition) is 0. The first-order chi connectivity index (χ1) is 31.8. The van der Waals surface area contributed by atoms with Crippen molar-refractivity contribution in [2.24, 2.45) is 0 Å². The summed E-state index contributed by atoms with van der Waals surface area (Å²) in [4.78, 5) is 2.29. The molecule has 0 saturated carbocycles. The van der Waals surface area contributed by atoms with Gasteiger partial charge in [-0.05, 0) is 77.4 Å². The van der Waals surface area contributed by atoms with Gasteiger partial charge < -0.3 is 18.3 Å². The predicted molar refractivity (Wildman–Crippen MR) is 266 cm³/mol. The molecule has 0 N–H and O–H groups in total. The first kappa shape index (κ1) is 36.1. The molecule has 0 atom stereocenters. The lowest BCUT2D eigenvalue weighted by atomic mass is 9.93. The van der Waals surface area contributed by atoms with Crippen LogP contribution in [0.2, 0.25) is 0 Å². The van der Waals surface area contributed by atoms with E-state index < -0.39 is 0 Å². The zero-order chi connectivity index (χ0) is 42.1. The molecule has 0 aliphatic carbocycles. The van der Waals surface area contributed by atoms with E-state index in [9.17, 15) is 0 Å². The van der Waals surface area contributed by atoms with Crippen LogP contribution in [0.5, 0.6) is 0 Å². The van der Waals surface area contributed by atoms with Crippen molar-refractivity contribution in [3.05, 3.63) is 231 Å². The number of fused-ring (bicyclic) bond motifs is 9. The Morgan fingerprint density at radius 1 is 0.344 bits per heavy atom. The average molecular weight is 819 g/mol. The van der Waals surface area contributed by atoms with E-state index in [2.05, 4.69) is 228 Å². The number of aromatic nitrogens is 1. The maximum Gasteiger partial charge on any atom is 0.143 e. The molecule has 0 saturated heterocycles. The minimum absolute atomic E-state index is 0.856. The molecular formula is C60H38N2O2. The lowest BCUT2D eigenvalue weighted by molar-refractivity contribution is 0.669. The molecule has 0 amide bonds. The van der Waals surface area contributed by atoms with Gasteiger partial charge in [0.1, 0.15) is 22.3 Å². The summed E-state index contributed by atoms with van der Waals surface area (Å²) in [7, 11) is 0. The maximum atomic E-state index is 6.74. The molecule has 10 aromatic carbocycles. The quantitative estimate of drug-likeness (QED) is 0.161. The molecule has 0 radical (unpaired) electrons. The van der Waals surface area contributed by atoms with Crippen molar-refractivity contribution < 1.29 is 8.83 Å². The van der Waals surface area contributed by atoms with E-state index in [1.807, 2.05) is 12.1 Å². The van der Waals surface area contributed by atoms with Crippen molar-refractivity contribution in [3.8, 4) is 39.1 Å². The third kappa shape index (κ3) is 5.63. The number of anilines is 3. The van der Waals surface area contributed by atoms with Crippen molar-refractivity contribution in [1.82, 2.24) is 4.57 Å². The van der Waals surface area contributed by atoms with Gasteiger partial charge in [-0.3, -0.25) is 0 Å². The van der Waals surface area contributed by atoms with Crippen LogP contribution in [0.3, 0.4) is 0 Å². The van der Waals surface area contributed by atoms with E-state index >= 15 is 0 Å². The van der Waals surface area contributed by atoms with Crippen LogP contribution in [0.4, 0.5) is 17.1 Å². The van der Waals surface area contributed by atoms with E-state index in [1.165, 1.54) is 5.39 Å². The zero-order valence-corrected chi connectivity index (χ0v) is 34.7. The predicted octanol–water partition coefficient (Wildman–Crippen LogP) is 17.1. The number of nitrogens with zero attached hydrogens (tertiary/aromatic N) is 2. The summed E-state index contributed by atoms with van der Waals surface area (Å²) in [5, 5.41) is 6.78. The standard InChI is InChI=1S/C60H38N2O2/c1-4-16-41(17-5-1)56-57-51-27-14-24-47(49-26-15-25-48-46-22-10-12-28-53(46)64-60(48)49)59(51)62(52(57)38-55-58(56)50-23-11-13-29-54(50)63-55)45-36-32-40(33-37-45)39-30-34-44(35-31-39)61(42-18-6-2-7-19-42)43-20-8-3-9-21-43/h1-38H. The fourth-order valence-corrected chi connectivity index (χ4v) is 9.97. The smallest absolute Gasteiger partial charge is 0.143 e. The third-order valence-corrected chi connectivity index (χ3v) is 12.8. The maximum absolute atomic E-state index is 6.74. The lowest BCUT2D eigenvalue weighted by Crippen LogP contribution is -2.09. The molecule has 13 aromatic rings. The molecule has 4 heteroatoms. The Kier molecular flexibility index (Phi) is 8.18. The molecule has 0 spiro atoms. The van der Waals surface area contributed by atoms with Gasteiger partial charge >= 0.3 is 0 Å². The highest BCUT2D eigenvalue weighted by Crippen LogP contribution is 2.49. The summed E-state index contributed by atoms with van der Waals surface area (Å²) in [6, 6.07) is 81.9. The summed E-state index contributed by atoms with van der Waals surface area (Å²) in [6.45, 7) is 0. The van der Waals surface area contributed by atoms with Crippen LogP contribution in [0.1, 0.15) is 0 Å². The zero-order valence-electron chi connectivity index (χ0n) is 34.7. The van der Waals surface area contributed by atoms with Crippen molar-refractivity contribution in [2.75, 3.05) is 4.90 Å². The molecule has 3 heterocycles. The fourth-order valence-electron chi connectivity index (χ4n) is 9.97. The van der Waals surface area contributed by atoms with E-state index in [0.717, 1.165) is 116 Å². The van der Waals surface area contributed by atoms with Gasteiger partial charge in [0.15, 0.2) is 0 Å². The molecule has 0 aliphatic rings. The van der Waals surface area contributed by atoms with Crippen molar-refractivity contribution >= 4 is 82.7 Å². The Bertz CT molecular complexity index is 3820. The molecule has 13 rings (SSSR count). The van der Waals surface area contributed by atoms with Crippen molar-refractivity contribution in [2.45, 2.75) is 0 Å². The SMILES string of the molecule is c1ccc(-c2c3c(cc4c2c2cccc(-c5cccc6c5oc5ccccc56)c2n4-c2ccc(-c4ccc(N(c5ccccc5)c5ccccc5)cc4)cc2)oc2ccccc23)cc1. The first-order valence-corrected chi connectivity index (χ1v) is 21.8. The molecule has 4 nitrogen and oxygen atoms in total. The number of furan rings is 2. The number of benzene rings is 10. The van der Waals surface area contributed by atoms with E-state index in [0.29, 0.717) is 0 Å². The second-order valence-corrected chi connectivity index (χ2v) is 16.4. The minimum atomic E-state index is 0.856. The van der Waals surface area contributed by atoms with Gasteiger partial charge in [0.25, 0.3) is 0 Å². The number of hydrogen-bond acceptors (Lipinski definition) is 3. The summed E-state index contributed by atoms with van der Waals surface area (Å²) in [5.74, 6) is 0. The van der Waals surface area contributed by atoms with Gasteiger partial charge in [0.2, 0.25) is 0 Å². The normalized spacial score (nSPS) is 11.8. The van der Waals surface area contributed by atoms with E-state index in [4.69, 9.17) is 8.83 Å². The van der Waals surface area contributed by atoms with Gasteiger partial charge in [0.05, 0.1) is 11.0 Å². The number of para-hydroxylation sites is 6. The third-order valence-electron chi connectivity index (χ3n) is 12.8. The molecule has 300 valence electrons. The molecule has 64 heavy (non-hydrogen) atoms. The highest BCUT2D eigenvalue weighted by atomic mass is 16.3. The van der Waals surface area contributed by atoms with Gasteiger partial charge in [0, 0.05) is 77.8 Å². The Hall–Kier alpha value is -8.60. The molecule has 0 aliphatic heterocycles. The average Bonchev–Trinajstić information content (AvgIpc) is 4.04. The van der Waals surface area contributed by atoms with E-state index in [1.54, 1.807) is 0 Å². The van der Waals surface area contributed by atoms with Gasteiger partial charge in [-0.15, -0.1) is 0 Å². The van der Waals surface area contributed by atoms with Gasteiger partial charge in [-0.25, -0.2) is 0 Å². The second-order valence-electron chi connectivity index (χ2n) is 16.4. The molecular weight excluding hydrogens is 781 g/mol. The molecule has 3 aromatic heterocycles. The van der Waals surface area contributed by atoms with Crippen molar-refractivity contribution in [1.29, 1.82) is 0 Å². The van der Waals surface area contributed by atoms with Gasteiger partial charge in [-0.2, -0.15) is 0 Å². The largest absolute Gasteiger partial charge is 0.456 e. The van der Waals surface area contributed by atoms with Crippen LogP contribution in [0.25, 0.3) is 105 Å². The second kappa shape index (κ2) is 14.5. The van der Waals surface area contributed by atoms with Crippen LogP contribution in [0.15, 0.2) is 239 Å². The van der Waals surface area contributed by atoms with E-state index in [-0.39, 0.29) is 0 Å². The lowest BCUT2D eigenvalue weighted by Gasteiger charge is -2.25. The minimum Gasteiger partial charge on any atom is -0.456 e. The Balaban J connectivity index is 1.04. The summed E-state index contributed by atoms with van der Waals surface area (Å²) >= 11 is 0. The summed E-state index contributed by atoms with van der Waals surface area (Å²) in [5.41, 5.74) is 16.8. The Morgan fingerprint density at radius 2 is 0.875 bits per heavy atom. The number of rotatable bonds is 7. The fraction of sp³-hybridized carbons (Fsp3) is 0. The highest BCUT2D eigenvalue weighted by molar-refractivity contribution is 6.28. The van der Waals surface area contributed by atoms with Crippen LogP contribution >= 0.6 is 0 Å². The van der Waals surface area contributed by atoms with Crippen LogP contribution in [-0.4, -0.2) is 4.57 Å². The first-order valence-electron chi connectivity index (χ1n) is 21.8.